The van der Waals surface area contributed by atoms with Crippen LogP contribution in [0.1, 0.15) is 10.5 Å². The molecule has 2 rings (SSSR count). The van der Waals surface area contributed by atoms with Crippen molar-refractivity contribution >= 4 is 12.1 Å². The van der Waals surface area contributed by atoms with Gasteiger partial charge in [0.1, 0.15) is 11.5 Å². The summed E-state index contributed by atoms with van der Waals surface area (Å²) >= 11 is 0. The summed E-state index contributed by atoms with van der Waals surface area (Å²) in [6.07, 6.45) is 0.697. The van der Waals surface area contributed by atoms with E-state index in [1.165, 1.54) is 0 Å². The Hall–Kier alpha value is -2.16. The highest BCUT2D eigenvalue weighted by Gasteiger charge is 2.01. The molecule has 1 aromatic carbocycles. The van der Waals surface area contributed by atoms with Crippen LogP contribution in [0.4, 0.5) is 5.82 Å². The van der Waals surface area contributed by atoms with E-state index in [4.69, 9.17) is 5.73 Å². The Morgan fingerprint density at radius 2 is 1.80 bits per heavy atom. The fourth-order valence-corrected chi connectivity index (χ4v) is 1.43. The minimum Gasteiger partial charge on any atom is -0.384 e. The van der Waals surface area contributed by atoms with E-state index in [1.54, 1.807) is 12.1 Å². The minimum absolute atomic E-state index is 0.355. The minimum atomic E-state index is 0.355. The molecule has 2 N–H and O–H groups in total. The van der Waals surface area contributed by atoms with E-state index >= 15 is 0 Å². The highest BCUT2D eigenvalue weighted by Crippen LogP contribution is 2.20. The predicted molar refractivity (Wildman–Crippen MR) is 59.5 cm³/mol. The number of benzene rings is 1. The lowest BCUT2D eigenvalue weighted by Crippen LogP contribution is -1.95. The third kappa shape index (κ3) is 2.02. The Kier molecular flexibility index (Phi) is 2.46. The van der Waals surface area contributed by atoms with E-state index in [9.17, 15) is 4.79 Å². The molecule has 3 nitrogen and oxygen atoms in total. The van der Waals surface area contributed by atoms with Crippen molar-refractivity contribution in [2.75, 3.05) is 5.73 Å². The maximum absolute atomic E-state index is 10.6. The molecular weight excluding hydrogens is 188 g/mol. The standard InChI is InChI=1S/C12H10N2O/c13-12-7-10(6-11(8-15)14-12)9-4-2-1-3-5-9/h1-8H,(H2,13,14). The second kappa shape index (κ2) is 3.92. The van der Waals surface area contributed by atoms with Crippen molar-refractivity contribution < 1.29 is 4.79 Å². The molecule has 0 aliphatic carbocycles. The number of nitrogen functional groups attached to an aromatic ring is 1. The van der Waals surface area contributed by atoms with Crippen LogP contribution >= 0.6 is 0 Å². The first-order valence-corrected chi connectivity index (χ1v) is 4.58. The molecule has 0 unspecified atom stereocenters. The molecule has 0 saturated heterocycles. The summed E-state index contributed by atoms with van der Waals surface area (Å²) in [4.78, 5) is 14.5. The summed E-state index contributed by atoms with van der Waals surface area (Å²) in [6.45, 7) is 0. The fourth-order valence-electron chi connectivity index (χ4n) is 1.43. The quantitative estimate of drug-likeness (QED) is 0.752. The maximum Gasteiger partial charge on any atom is 0.168 e. The van der Waals surface area contributed by atoms with Gasteiger partial charge in [-0.1, -0.05) is 30.3 Å². The molecule has 0 aliphatic rings. The van der Waals surface area contributed by atoms with Crippen molar-refractivity contribution in [1.29, 1.82) is 0 Å². The van der Waals surface area contributed by atoms with Gasteiger partial charge in [0, 0.05) is 0 Å². The second-order valence-corrected chi connectivity index (χ2v) is 3.19. The van der Waals surface area contributed by atoms with Gasteiger partial charge in [0.2, 0.25) is 0 Å². The zero-order chi connectivity index (χ0) is 10.7. The number of rotatable bonds is 2. The molecule has 0 radical (unpaired) electrons. The van der Waals surface area contributed by atoms with E-state index in [-0.39, 0.29) is 0 Å². The predicted octanol–water partition coefficient (Wildman–Crippen LogP) is 2.14. The van der Waals surface area contributed by atoms with Gasteiger partial charge in [-0.3, -0.25) is 4.79 Å². The van der Waals surface area contributed by atoms with Crippen LogP contribution in [0.2, 0.25) is 0 Å². The van der Waals surface area contributed by atoms with Gasteiger partial charge in [0.05, 0.1) is 0 Å². The van der Waals surface area contributed by atoms with Crippen LogP contribution < -0.4 is 5.73 Å². The summed E-state index contributed by atoms with van der Waals surface area (Å²) in [5.74, 6) is 0.360. The lowest BCUT2D eigenvalue weighted by molar-refractivity contribution is 0.111. The molecule has 0 spiro atoms. The van der Waals surface area contributed by atoms with Gasteiger partial charge in [0.25, 0.3) is 0 Å². The molecule has 2 aromatic rings. The first kappa shape index (κ1) is 9.40. The van der Waals surface area contributed by atoms with Crippen molar-refractivity contribution in [3.63, 3.8) is 0 Å². The number of carbonyl (C=O) groups is 1. The van der Waals surface area contributed by atoms with E-state index in [1.807, 2.05) is 30.3 Å². The van der Waals surface area contributed by atoms with Crippen LogP contribution in [0.15, 0.2) is 42.5 Å². The normalized spacial score (nSPS) is 9.87. The summed E-state index contributed by atoms with van der Waals surface area (Å²) in [6, 6.07) is 13.2. The number of aldehydes is 1. The first-order valence-electron chi connectivity index (χ1n) is 4.58. The number of aromatic nitrogens is 1. The van der Waals surface area contributed by atoms with E-state index in [0.29, 0.717) is 17.8 Å². The zero-order valence-electron chi connectivity index (χ0n) is 8.05. The lowest BCUT2D eigenvalue weighted by Gasteiger charge is -2.03. The zero-order valence-corrected chi connectivity index (χ0v) is 8.05. The average Bonchev–Trinajstić information content (AvgIpc) is 2.29. The summed E-state index contributed by atoms with van der Waals surface area (Å²) in [5, 5.41) is 0. The van der Waals surface area contributed by atoms with Crippen LogP contribution in [0.5, 0.6) is 0 Å². The largest absolute Gasteiger partial charge is 0.384 e. The Balaban J connectivity index is 2.53. The van der Waals surface area contributed by atoms with Gasteiger partial charge in [-0.2, -0.15) is 0 Å². The molecule has 0 amide bonds. The molecule has 0 bridgehead atoms. The molecule has 0 atom stereocenters. The molecule has 15 heavy (non-hydrogen) atoms. The maximum atomic E-state index is 10.6. The van der Waals surface area contributed by atoms with Crippen LogP contribution in [-0.4, -0.2) is 11.3 Å². The van der Waals surface area contributed by atoms with Crippen LogP contribution in [0, 0.1) is 0 Å². The molecule has 0 aliphatic heterocycles. The van der Waals surface area contributed by atoms with Gasteiger partial charge < -0.3 is 5.73 Å². The Morgan fingerprint density at radius 1 is 1.07 bits per heavy atom. The third-order valence-corrected chi connectivity index (χ3v) is 2.09. The third-order valence-electron chi connectivity index (χ3n) is 2.09. The number of carbonyl (C=O) groups excluding carboxylic acids is 1. The molecule has 0 fully saturated rings. The van der Waals surface area contributed by atoms with Crippen molar-refractivity contribution in [3.05, 3.63) is 48.2 Å². The highest BCUT2D eigenvalue weighted by atomic mass is 16.1. The molecule has 1 aromatic heterocycles. The number of anilines is 1. The SMILES string of the molecule is Nc1cc(-c2ccccc2)cc(C=O)n1. The Bertz CT molecular complexity index is 480. The molecule has 1 heterocycles. The molecule has 74 valence electrons. The number of nitrogens with zero attached hydrogens (tertiary/aromatic N) is 1. The fraction of sp³-hybridized carbons (Fsp3) is 0. The van der Waals surface area contributed by atoms with Crippen LogP contribution in [-0.2, 0) is 0 Å². The van der Waals surface area contributed by atoms with E-state index in [2.05, 4.69) is 4.98 Å². The Morgan fingerprint density at radius 3 is 2.47 bits per heavy atom. The van der Waals surface area contributed by atoms with E-state index < -0.39 is 0 Å². The van der Waals surface area contributed by atoms with Crippen molar-refractivity contribution in [3.8, 4) is 11.1 Å². The van der Waals surface area contributed by atoms with Gasteiger partial charge in [-0.15, -0.1) is 0 Å². The van der Waals surface area contributed by atoms with Gasteiger partial charge >= 0.3 is 0 Å². The van der Waals surface area contributed by atoms with Crippen molar-refractivity contribution in [2.45, 2.75) is 0 Å². The van der Waals surface area contributed by atoms with Crippen LogP contribution in [0.25, 0.3) is 11.1 Å². The molecular formula is C12H10N2O. The number of hydrogen-bond donors (Lipinski definition) is 1. The second-order valence-electron chi connectivity index (χ2n) is 3.19. The average molecular weight is 198 g/mol. The van der Waals surface area contributed by atoms with Crippen molar-refractivity contribution in [1.82, 2.24) is 4.98 Å². The first-order chi connectivity index (χ1) is 7.29. The lowest BCUT2D eigenvalue weighted by atomic mass is 10.1. The van der Waals surface area contributed by atoms with Crippen LogP contribution in [0.3, 0.4) is 0 Å². The highest BCUT2D eigenvalue weighted by molar-refractivity contribution is 5.78. The molecule has 0 saturated carbocycles. The van der Waals surface area contributed by atoms with E-state index in [0.717, 1.165) is 11.1 Å². The monoisotopic (exact) mass is 198 g/mol. The number of hydrogen-bond acceptors (Lipinski definition) is 3. The number of pyridine rings is 1. The van der Waals surface area contributed by atoms with Crippen molar-refractivity contribution in [2.24, 2.45) is 0 Å². The summed E-state index contributed by atoms with van der Waals surface area (Å²) in [7, 11) is 0. The topological polar surface area (TPSA) is 56.0 Å². The van der Waals surface area contributed by atoms with Gasteiger partial charge in [-0.25, -0.2) is 4.98 Å². The van der Waals surface area contributed by atoms with Gasteiger partial charge in [0.15, 0.2) is 6.29 Å². The Labute approximate surface area is 87.6 Å². The summed E-state index contributed by atoms with van der Waals surface area (Å²) < 4.78 is 0. The summed E-state index contributed by atoms with van der Waals surface area (Å²) in [5.41, 5.74) is 7.89. The van der Waals surface area contributed by atoms with Gasteiger partial charge in [-0.05, 0) is 23.3 Å². The number of nitrogens with two attached hydrogens (primary N) is 1. The smallest absolute Gasteiger partial charge is 0.168 e. The molecule has 3 heteroatoms.